The van der Waals surface area contributed by atoms with Crippen molar-refractivity contribution in [3.8, 4) is 0 Å². The molecule has 122 valence electrons. The first-order valence-electron chi connectivity index (χ1n) is 7.48. The van der Waals surface area contributed by atoms with Gasteiger partial charge in [0.25, 0.3) is 5.69 Å². The lowest BCUT2D eigenvalue weighted by molar-refractivity contribution is -0.384. The fourth-order valence-electron chi connectivity index (χ4n) is 2.72. The maximum atomic E-state index is 13.2. The molecule has 1 saturated heterocycles. The number of nitro groups is 1. The maximum Gasteiger partial charge on any atom is 0.295 e. The third-order valence-electron chi connectivity index (χ3n) is 3.94. The first-order chi connectivity index (χ1) is 10.5. The van der Waals surface area contributed by atoms with Crippen LogP contribution in [0.25, 0.3) is 0 Å². The van der Waals surface area contributed by atoms with Crippen LogP contribution in [0.5, 0.6) is 0 Å². The van der Waals surface area contributed by atoms with Crippen molar-refractivity contribution in [3.63, 3.8) is 0 Å². The molecule has 7 heteroatoms. The first kappa shape index (κ1) is 16.6. The van der Waals surface area contributed by atoms with E-state index in [9.17, 15) is 14.5 Å². The fourth-order valence-corrected chi connectivity index (χ4v) is 2.72. The molecule has 1 aromatic rings. The highest BCUT2D eigenvalue weighted by Crippen LogP contribution is 2.25. The van der Waals surface area contributed by atoms with Crippen molar-refractivity contribution in [2.24, 2.45) is 5.92 Å². The minimum Gasteiger partial charge on any atom is -0.379 e. The first-order valence-corrected chi connectivity index (χ1v) is 7.48. The molecule has 1 heterocycles. The van der Waals surface area contributed by atoms with E-state index in [1.807, 2.05) is 0 Å². The van der Waals surface area contributed by atoms with Gasteiger partial charge in [-0.2, -0.15) is 0 Å². The van der Waals surface area contributed by atoms with E-state index in [1.165, 1.54) is 12.1 Å². The van der Waals surface area contributed by atoms with Crippen molar-refractivity contribution in [1.29, 1.82) is 0 Å². The van der Waals surface area contributed by atoms with Gasteiger partial charge in [-0.25, -0.2) is 4.39 Å². The van der Waals surface area contributed by atoms with Gasteiger partial charge in [0.1, 0.15) is 11.5 Å². The van der Waals surface area contributed by atoms with Crippen molar-refractivity contribution in [3.05, 3.63) is 34.1 Å². The van der Waals surface area contributed by atoms with Gasteiger partial charge >= 0.3 is 0 Å². The molecule has 0 aliphatic carbocycles. The molecule has 1 N–H and O–H groups in total. The van der Waals surface area contributed by atoms with Gasteiger partial charge in [0.2, 0.25) is 0 Å². The molecule has 0 aromatic heterocycles. The quantitative estimate of drug-likeness (QED) is 0.646. The van der Waals surface area contributed by atoms with E-state index in [1.54, 1.807) is 0 Å². The lowest BCUT2D eigenvalue weighted by atomic mass is 10.0. The van der Waals surface area contributed by atoms with E-state index >= 15 is 0 Å². The summed E-state index contributed by atoms with van der Waals surface area (Å²) in [6.45, 7) is 7.96. The maximum absolute atomic E-state index is 13.2. The van der Waals surface area contributed by atoms with E-state index in [-0.39, 0.29) is 11.7 Å². The summed E-state index contributed by atoms with van der Waals surface area (Å²) in [4.78, 5) is 12.8. The van der Waals surface area contributed by atoms with E-state index in [2.05, 4.69) is 24.1 Å². The Labute approximate surface area is 129 Å². The monoisotopic (exact) mass is 311 g/mol. The average Bonchev–Trinajstić information content (AvgIpc) is 2.49. The zero-order valence-electron chi connectivity index (χ0n) is 12.9. The molecule has 2 rings (SSSR count). The van der Waals surface area contributed by atoms with Gasteiger partial charge in [-0.1, -0.05) is 13.8 Å². The smallest absolute Gasteiger partial charge is 0.295 e. The van der Waals surface area contributed by atoms with Gasteiger partial charge in [-0.15, -0.1) is 0 Å². The zero-order chi connectivity index (χ0) is 16.1. The number of nitrogens with zero attached hydrogens (tertiary/aromatic N) is 2. The molecule has 1 atom stereocenters. The largest absolute Gasteiger partial charge is 0.379 e. The van der Waals surface area contributed by atoms with Gasteiger partial charge in [-0.3, -0.25) is 15.0 Å². The van der Waals surface area contributed by atoms with Gasteiger partial charge < -0.3 is 10.1 Å². The van der Waals surface area contributed by atoms with E-state index in [4.69, 9.17) is 4.74 Å². The number of benzene rings is 1. The molecule has 1 fully saturated rings. The fraction of sp³-hybridized carbons (Fsp3) is 0.600. The number of hydrogen-bond donors (Lipinski definition) is 1. The summed E-state index contributed by atoms with van der Waals surface area (Å²) >= 11 is 0. The van der Waals surface area contributed by atoms with Crippen LogP contribution in [0.4, 0.5) is 15.8 Å². The second-order valence-electron chi connectivity index (χ2n) is 5.76. The Kier molecular flexibility index (Phi) is 5.68. The minimum atomic E-state index is -0.606. The Morgan fingerprint density at radius 3 is 2.68 bits per heavy atom. The molecule has 6 nitrogen and oxygen atoms in total. The third-order valence-corrected chi connectivity index (χ3v) is 3.94. The highest BCUT2D eigenvalue weighted by Gasteiger charge is 2.24. The highest BCUT2D eigenvalue weighted by molar-refractivity contribution is 5.61. The second-order valence-corrected chi connectivity index (χ2v) is 5.76. The topological polar surface area (TPSA) is 67.6 Å². The summed E-state index contributed by atoms with van der Waals surface area (Å²) in [5.41, 5.74) is 0.120. The molecular weight excluding hydrogens is 289 g/mol. The Balaban J connectivity index is 2.07. The number of hydrogen-bond acceptors (Lipinski definition) is 5. The van der Waals surface area contributed by atoms with Crippen LogP contribution in [-0.2, 0) is 4.74 Å². The van der Waals surface area contributed by atoms with Crippen molar-refractivity contribution in [2.75, 3.05) is 38.2 Å². The van der Waals surface area contributed by atoms with Crippen LogP contribution in [0, 0.1) is 21.8 Å². The number of anilines is 1. The molecule has 1 aromatic carbocycles. The van der Waals surface area contributed by atoms with Crippen LogP contribution < -0.4 is 5.32 Å². The van der Waals surface area contributed by atoms with Crippen molar-refractivity contribution in [2.45, 2.75) is 19.9 Å². The predicted molar refractivity (Wildman–Crippen MR) is 82.6 cm³/mol. The van der Waals surface area contributed by atoms with Gasteiger partial charge in [0.05, 0.1) is 24.2 Å². The van der Waals surface area contributed by atoms with Crippen molar-refractivity contribution in [1.82, 2.24) is 4.90 Å². The summed E-state index contributed by atoms with van der Waals surface area (Å²) in [5.74, 6) is -0.212. The van der Waals surface area contributed by atoms with Gasteiger partial charge in [0.15, 0.2) is 0 Å². The number of morpholine rings is 1. The molecule has 1 aliphatic heterocycles. The molecule has 0 saturated carbocycles. The number of nitro benzene ring substituents is 1. The Bertz CT molecular complexity index is 519. The summed E-state index contributed by atoms with van der Waals surface area (Å²) in [6, 6.07) is 3.84. The molecule has 1 aliphatic rings. The molecule has 0 bridgehead atoms. The van der Waals surface area contributed by atoms with Crippen LogP contribution in [0.15, 0.2) is 18.2 Å². The summed E-state index contributed by atoms with van der Waals surface area (Å²) < 4.78 is 18.5. The van der Waals surface area contributed by atoms with Crippen LogP contribution in [0.1, 0.15) is 13.8 Å². The van der Waals surface area contributed by atoms with Crippen LogP contribution >= 0.6 is 0 Å². The van der Waals surface area contributed by atoms with E-state index in [0.717, 1.165) is 19.2 Å². The minimum absolute atomic E-state index is 0.232. The molecule has 0 radical (unpaired) electrons. The van der Waals surface area contributed by atoms with Gasteiger partial charge in [0, 0.05) is 25.7 Å². The van der Waals surface area contributed by atoms with Gasteiger partial charge in [-0.05, 0) is 18.1 Å². The van der Waals surface area contributed by atoms with Crippen molar-refractivity contribution < 1.29 is 14.1 Å². The normalized spacial score (nSPS) is 17.5. The standard InChI is InChI=1S/C15H22FN3O3/c1-11(2)15(18-5-7-22-8-6-18)10-17-13-4-3-12(16)9-14(13)19(20)21/h3-4,9,11,15,17H,5-8,10H2,1-2H3. The molecule has 1 unspecified atom stereocenters. The second kappa shape index (κ2) is 7.51. The predicted octanol–water partition coefficient (Wildman–Crippen LogP) is 2.50. The van der Waals surface area contributed by atoms with Crippen LogP contribution in [0.3, 0.4) is 0 Å². The highest BCUT2D eigenvalue weighted by atomic mass is 19.1. The molecule has 0 spiro atoms. The number of nitrogens with one attached hydrogen (secondary N) is 1. The number of halogens is 1. The molecule has 0 amide bonds. The van der Waals surface area contributed by atoms with E-state index < -0.39 is 10.7 Å². The Hall–Kier alpha value is -1.73. The summed E-state index contributed by atoms with van der Waals surface area (Å²) in [7, 11) is 0. The lowest BCUT2D eigenvalue weighted by Crippen LogP contribution is -2.49. The Morgan fingerprint density at radius 1 is 1.41 bits per heavy atom. The number of ether oxygens (including phenoxy) is 1. The third kappa shape index (κ3) is 4.14. The molecular formula is C15H22FN3O3. The van der Waals surface area contributed by atoms with E-state index in [0.29, 0.717) is 31.4 Å². The number of rotatable bonds is 6. The Morgan fingerprint density at radius 2 is 2.09 bits per heavy atom. The lowest BCUT2D eigenvalue weighted by Gasteiger charge is -2.37. The van der Waals surface area contributed by atoms with Crippen LogP contribution in [-0.4, -0.2) is 48.7 Å². The average molecular weight is 311 g/mol. The summed E-state index contributed by atoms with van der Waals surface area (Å²) in [6.07, 6.45) is 0. The zero-order valence-corrected chi connectivity index (χ0v) is 12.9. The summed E-state index contributed by atoms with van der Waals surface area (Å²) in [5, 5.41) is 14.1. The van der Waals surface area contributed by atoms with Crippen LogP contribution in [0.2, 0.25) is 0 Å². The SMILES string of the molecule is CC(C)C(CNc1ccc(F)cc1[N+](=O)[O-])N1CCOCC1. The molecule has 22 heavy (non-hydrogen) atoms. The van der Waals surface area contributed by atoms with Crippen molar-refractivity contribution >= 4 is 11.4 Å².